The zero-order valence-corrected chi connectivity index (χ0v) is 5.69. The first-order valence-corrected chi connectivity index (χ1v) is 2.94. The summed E-state index contributed by atoms with van der Waals surface area (Å²) in [6.07, 6.45) is 2.12. The maximum atomic E-state index is 5.36. The molecule has 8 heavy (non-hydrogen) atoms. The number of ether oxygens (including phenoxy) is 1. The molecule has 46 valence electrons. The molecule has 0 spiro atoms. The van der Waals surface area contributed by atoms with E-state index in [1.165, 1.54) is 5.57 Å². The molecule has 0 N–H and O–H groups in total. The van der Waals surface area contributed by atoms with Gasteiger partial charge in [-0.25, -0.2) is 0 Å². The summed E-state index contributed by atoms with van der Waals surface area (Å²) in [6, 6.07) is 0. The average molecular weight is 112 g/mol. The van der Waals surface area contributed by atoms with E-state index in [-0.39, 0.29) is 5.60 Å². The van der Waals surface area contributed by atoms with E-state index < -0.39 is 0 Å². The van der Waals surface area contributed by atoms with Crippen LogP contribution in [-0.2, 0) is 4.74 Å². The lowest BCUT2D eigenvalue weighted by Crippen LogP contribution is -2.20. The fourth-order valence-corrected chi connectivity index (χ4v) is 0.735. The van der Waals surface area contributed by atoms with Crippen molar-refractivity contribution in [1.82, 2.24) is 0 Å². The Balaban J connectivity index is 2.73. The van der Waals surface area contributed by atoms with Gasteiger partial charge >= 0.3 is 0 Å². The van der Waals surface area contributed by atoms with Gasteiger partial charge in [0, 0.05) is 0 Å². The van der Waals surface area contributed by atoms with E-state index in [9.17, 15) is 0 Å². The molecule has 0 unspecified atom stereocenters. The van der Waals surface area contributed by atoms with Crippen LogP contribution in [0.15, 0.2) is 11.6 Å². The third-order valence-corrected chi connectivity index (χ3v) is 1.78. The summed E-state index contributed by atoms with van der Waals surface area (Å²) in [7, 11) is 0. The van der Waals surface area contributed by atoms with Gasteiger partial charge in [-0.05, 0) is 26.3 Å². The van der Waals surface area contributed by atoms with Crippen molar-refractivity contribution in [3.8, 4) is 0 Å². The number of rotatable bonds is 0. The molecule has 0 radical (unpaired) electrons. The minimum absolute atomic E-state index is 0.0139. The molecule has 0 bridgehead atoms. The van der Waals surface area contributed by atoms with E-state index in [1.54, 1.807) is 0 Å². The van der Waals surface area contributed by atoms with Crippen molar-refractivity contribution in [3.63, 3.8) is 0 Å². The maximum absolute atomic E-state index is 5.36. The minimum atomic E-state index is 0.0139. The fourth-order valence-electron chi connectivity index (χ4n) is 0.735. The second-order valence-electron chi connectivity index (χ2n) is 2.71. The summed E-state index contributed by atoms with van der Waals surface area (Å²) in [4.78, 5) is 0. The molecule has 0 aromatic carbocycles. The molecule has 0 atom stereocenters. The van der Waals surface area contributed by atoms with E-state index >= 15 is 0 Å². The van der Waals surface area contributed by atoms with Crippen molar-refractivity contribution in [3.05, 3.63) is 11.6 Å². The van der Waals surface area contributed by atoms with E-state index in [0.29, 0.717) is 0 Å². The Labute approximate surface area is 50.3 Å². The van der Waals surface area contributed by atoms with Crippen LogP contribution in [0.25, 0.3) is 0 Å². The molecule has 1 aliphatic heterocycles. The van der Waals surface area contributed by atoms with Crippen molar-refractivity contribution >= 4 is 0 Å². The van der Waals surface area contributed by atoms with Crippen molar-refractivity contribution in [2.75, 3.05) is 6.61 Å². The zero-order valence-electron chi connectivity index (χ0n) is 5.69. The van der Waals surface area contributed by atoms with Gasteiger partial charge in [0.15, 0.2) is 0 Å². The average Bonchev–Trinajstić information content (AvgIpc) is 1.86. The van der Waals surface area contributed by atoms with E-state index in [0.717, 1.165) is 6.61 Å². The summed E-state index contributed by atoms with van der Waals surface area (Å²) in [5, 5.41) is 0. The predicted octanol–water partition coefficient (Wildman–Crippen LogP) is 1.74. The largest absolute Gasteiger partial charge is 0.367 e. The standard InChI is InChI=1S/C7H12O/c1-6-4-5-8-7(6,2)3/h4H,5H2,1-3H3. The Morgan fingerprint density at radius 2 is 2.25 bits per heavy atom. The smallest absolute Gasteiger partial charge is 0.0837 e. The van der Waals surface area contributed by atoms with Crippen molar-refractivity contribution in [2.45, 2.75) is 26.4 Å². The molecule has 0 fully saturated rings. The number of hydrogen-bond acceptors (Lipinski definition) is 1. The molecule has 1 heterocycles. The predicted molar refractivity (Wildman–Crippen MR) is 33.8 cm³/mol. The van der Waals surface area contributed by atoms with Crippen molar-refractivity contribution in [1.29, 1.82) is 0 Å². The van der Waals surface area contributed by atoms with Gasteiger partial charge in [0.1, 0.15) is 0 Å². The van der Waals surface area contributed by atoms with Crippen LogP contribution < -0.4 is 0 Å². The van der Waals surface area contributed by atoms with E-state index in [4.69, 9.17) is 4.74 Å². The molecule has 1 nitrogen and oxygen atoms in total. The first kappa shape index (κ1) is 5.83. The molecule has 0 aliphatic carbocycles. The highest BCUT2D eigenvalue weighted by atomic mass is 16.5. The molecule has 0 amide bonds. The first-order chi connectivity index (χ1) is 3.63. The van der Waals surface area contributed by atoms with Gasteiger partial charge in [0.2, 0.25) is 0 Å². The van der Waals surface area contributed by atoms with Crippen LogP contribution in [0.1, 0.15) is 20.8 Å². The monoisotopic (exact) mass is 112 g/mol. The van der Waals surface area contributed by atoms with E-state index in [1.807, 2.05) is 0 Å². The van der Waals surface area contributed by atoms with Gasteiger partial charge in [-0.15, -0.1) is 0 Å². The first-order valence-electron chi connectivity index (χ1n) is 2.94. The summed E-state index contributed by atoms with van der Waals surface area (Å²) in [6.45, 7) is 7.07. The van der Waals surface area contributed by atoms with Crippen LogP contribution in [0.2, 0.25) is 0 Å². The van der Waals surface area contributed by atoms with Crippen LogP contribution in [0.5, 0.6) is 0 Å². The second-order valence-corrected chi connectivity index (χ2v) is 2.71. The van der Waals surface area contributed by atoms with Gasteiger partial charge < -0.3 is 4.74 Å². The Kier molecular flexibility index (Phi) is 1.16. The Hall–Kier alpha value is -0.300. The summed E-state index contributed by atoms with van der Waals surface area (Å²) < 4.78 is 5.36. The topological polar surface area (TPSA) is 9.23 Å². The van der Waals surface area contributed by atoms with Crippen molar-refractivity contribution in [2.24, 2.45) is 0 Å². The molecule has 1 heteroatoms. The second kappa shape index (κ2) is 1.59. The quantitative estimate of drug-likeness (QED) is 0.434. The Bertz CT molecular complexity index is 122. The van der Waals surface area contributed by atoms with E-state index in [2.05, 4.69) is 26.8 Å². The molecule has 1 aliphatic rings. The molecular weight excluding hydrogens is 100 g/mol. The third kappa shape index (κ3) is 0.781. The van der Waals surface area contributed by atoms with Gasteiger partial charge in [-0.3, -0.25) is 0 Å². The molecule has 1 rings (SSSR count). The summed E-state index contributed by atoms with van der Waals surface area (Å²) >= 11 is 0. The zero-order chi connectivity index (χ0) is 6.20. The summed E-state index contributed by atoms with van der Waals surface area (Å²) in [5.74, 6) is 0. The maximum Gasteiger partial charge on any atom is 0.0837 e. The highest BCUT2D eigenvalue weighted by molar-refractivity contribution is 5.15. The number of hydrogen-bond donors (Lipinski definition) is 0. The highest BCUT2D eigenvalue weighted by Gasteiger charge is 2.23. The normalized spacial score (nSPS) is 25.6. The lowest BCUT2D eigenvalue weighted by molar-refractivity contribution is 0.0501. The summed E-state index contributed by atoms with van der Waals surface area (Å²) in [5.41, 5.74) is 1.36. The Morgan fingerprint density at radius 1 is 1.62 bits per heavy atom. The third-order valence-electron chi connectivity index (χ3n) is 1.78. The molecule has 0 saturated carbocycles. The van der Waals surface area contributed by atoms with Crippen molar-refractivity contribution < 1.29 is 4.74 Å². The van der Waals surface area contributed by atoms with Crippen LogP contribution >= 0.6 is 0 Å². The van der Waals surface area contributed by atoms with Crippen LogP contribution in [0.3, 0.4) is 0 Å². The van der Waals surface area contributed by atoms with Crippen LogP contribution in [-0.4, -0.2) is 12.2 Å². The van der Waals surface area contributed by atoms with Gasteiger partial charge in [0.25, 0.3) is 0 Å². The lowest BCUT2D eigenvalue weighted by Gasteiger charge is -2.18. The SMILES string of the molecule is CC1=CCOC1(C)C. The van der Waals surface area contributed by atoms with Gasteiger partial charge in [0.05, 0.1) is 12.2 Å². The van der Waals surface area contributed by atoms with Gasteiger partial charge in [-0.1, -0.05) is 6.08 Å². The molecule has 0 aromatic heterocycles. The Morgan fingerprint density at radius 3 is 2.38 bits per heavy atom. The lowest BCUT2D eigenvalue weighted by atomic mass is 10.0. The molecule has 0 saturated heterocycles. The minimum Gasteiger partial charge on any atom is -0.367 e. The van der Waals surface area contributed by atoms with Crippen LogP contribution in [0.4, 0.5) is 0 Å². The molecular formula is C7H12O. The highest BCUT2D eigenvalue weighted by Crippen LogP contribution is 2.24. The molecule has 0 aromatic rings. The fraction of sp³-hybridized carbons (Fsp3) is 0.714. The van der Waals surface area contributed by atoms with Gasteiger partial charge in [-0.2, -0.15) is 0 Å². The van der Waals surface area contributed by atoms with Crippen LogP contribution in [0, 0.1) is 0 Å².